The Morgan fingerprint density at radius 1 is 1.06 bits per heavy atom. The van der Waals surface area contributed by atoms with Gasteiger partial charge < -0.3 is 19.5 Å². The van der Waals surface area contributed by atoms with Crippen molar-refractivity contribution in [1.29, 1.82) is 0 Å². The molecule has 0 unspecified atom stereocenters. The zero-order valence-electron chi connectivity index (χ0n) is 19.1. The van der Waals surface area contributed by atoms with Gasteiger partial charge in [-0.05, 0) is 85.1 Å². The first-order valence-electron chi connectivity index (χ1n) is 10.8. The molecule has 172 valence electrons. The number of carbonyl (C=O) groups excluding carboxylic acids is 1. The topological polar surface area (TPSA) is 50.8 Å². The number of hydrogen-bond donors (Lipinski definition) is 1. The third-order valence-electron chi connectivity index (χ3n) is 6.89. The normalized spacial score (nSPS) is 25.7. The summed E-state index contributed by atoms with van der Waals surface area (Å²) in [6.45, 7) is 7.14. The van der Waals surface area contributed by atoms with Crippen molar-refractivity contribution in [3.63, 3.8) is 0 Å². The van der Waals surface area contributed by atoms with Crippen LogP contribution >= 0.6 is 0 Å². The van der Waals surface area contributed by atoms with Gasteiger partial charge in [-0.1, -0.05) is 6.07 Å². The van der Waals surface area contributed by atoms with Crippen molar-refractivity contribution in [2.45, 2.75) is 82.8 Å². The lowest BCUT2D eigenvalue weighted by Gasteiger charge is -2.33. The van der Waals surface area contributed by atoms with Crippen LogP contribution in [-0.4, -0.2) is 55.3 Å². The molecule has 1 heterocycles. The molecule has 5 nitrogen and oxygen atoms in total. The highest BCUT2D eigenvalue weighted by Crippen LogP contribution is 2.38. The molecule has 1 N–H and O–H groups in total. The third kappa shape index (κ3) is 5.09. The molecule has 0 aromatic heterocycles. The number of nitrogens with one attached hydrogen (secondary N) is 1. The average Bonchev–Trinajstić information content (AvgIpc) is 2.88. The number of rotatable bonds is 4. The molecule has 9 heteroatoms. The van der Waals surface area contributed by atoms with E-state index in [1.807, 2.05) is 14.1 Å². The highest BCUT2D eigenvalue weighted by molar-refractivity contribution is 6.62. The van der Waals surface area contributed by atoms with Crippen molar-refractivity contribution in [2.75, 3.05) is 14.1 Å². The minimum absolute atomic E-state index is 0.0117. The predicted molar refractivity (Wildman–Crippen MR) is 114 cm³/mol. The number of carbonyl (C=O) groups is 1. The molecule has 2 fully saturated rings. The van der Waals surface area contributed by atoms with Gasteiger partial charge in [-0.25, -0.2) is 0 Å². The molecule has 1 aromatic carbocycles. The summed E-state index contributed by atoms with van der Waals surface area (Å²) in [5.41, 5.74) is -2.56. The molecule has 0 radical (unpaired) electrons. The molecule has 31 heavy (non-hydrogen) atoms. The first-order chi connectivity index (χ1) is 14.2. The van der Waals surface area contributed by atoms with Gasteiger partial charge in [0.2, 0.25) is 0 Å². The van der Waals surface area contributed by atoms with E-state index in [-0.39, 0.29) is 17.1 Å². The van der Waals surface area contributed by atoms with Gasteiger partial charge in [0.25, 0.3) is 5.91 Å². The van der Waals surface area contributed by atoms with Gasteiger partial charge >= 0.3 is 13.3 Å². The lowest BCUT2D eigenvalue weighted by molar-refractivity contribution is -0.136. The Hall–Kier alpha value is -1.58. The standard InChI is InChI=1S/C22H32BF3N2O3/c1-20(2)21(3,4)31-23(30-20)18-12-7-14(13-17(18)22(24,25)26)19(29)27-15-8-10-16(11-9-15)28(5)6/h7,12-13,15-16H,8-11H2,1-6H3,(H,27,29). The smallest absolute Gasteiger partial charge is 0.399 e. The zero-order valence-corrected chi connectivity index (χ0v) is 19.1. The number of amides is 1. The summed E-state index contributed by atoms with van der Waals surface area (Å²) >= 11 is 0. The van der Waals surface area contributed by atoms with Gasteiger partial charge in [0.15, 0.2) is 0 Å². The van der Waals surface area contributed by atoms with Crippen molar-refractivity contribution in [1.82, 2.24) is 10.2 Å². The number of benzene rings is 1. The van der Waals surface area contributed by atoms with Gasteiger partial charge in [0, 0.05) is 17.6 Å². The van der Waals surface area contributed by atoms with Crippen molar-refractivity contribution in [3.05, 3.63) is 29.3 Å². The SMILES string of the molecule is CN(C)C1CCC(NC(=O)c2ccc(B3OC(C)(C)C(C)(C)O3)c(C(F)(F)F)c2)CC1. The van der Waals surface area contributed by atoms with E-state index in [4.69, 9.17) is 9.31 Å². The molecular weight excluding hydrogens is 408 g/mol. The minimum atomic E-state index is -4.64. The molecule has 1 amide bonds. The van der Waals surface area contributed by atoms with Crippen LogP contribution in [0.1, 0.15) is 69.3 Å². The van der Waals surface area contributed by atoms with Crippen LogP contribution in [0.3, 0.4) is 0 Å². The fourth-order valence-electron chi connectivity index (χ4n) is 4.12. The second kappa shape index (κ2) is 8.41. The number of hydrogen-bond acceptors (Lipinski definition) is 4. The van der Waals surface area contributed by atoms with Gasteiger partial charge in [0.05, 0.1) is 16.8 Å². The lowest BCUT2D eigenvalue weighted by atomic mass is 9.75. The highest BCUT2D eigenvalue weighted by atomic mass is 19.4. The van der Waals surface area contributed by atoms with Crippen LogP contribution in [0.25, 0.3) is 0 Å². The first kappa shape index (κ1) is 24.1. The van der Waals surface area contributed by atoms with Crippen LogP contribution in [0.2, 0.25) is 0 Å². The molecular formula is C22H32BF3N2O3. The van der Waals surface area contributed by atoms with Crippen LogP contribution in [0.15, 0.2) is 18.2 Å². The van der Waals surface area contributed by atoms with Crippen molar-refractivity contribution >= 4 is 18.5 Å². The zero-order chi connectivity index (χ0) is 23.2. The maximum Gasteiger partial charge on any atom is 0.495 e. The van der Waals surface area contributed by atoms with Gasteiger partial charge in [-0.3, -0.25) is 4.79 Å². The summed E-state index contributed by atoms with van der Waals surface area (Å²) in [6, 6.07) is 4.06. The maximum atomic E-state index is 13.9. The van der Waals surface area contributed by atoms with E-state index < -0.39 is 36.0 Å². The summed E-state index contributed by atoms with van der Waals surface area (Å²) < 4.78 is 53.2. The Bertz CT molecular complexity index is 803. The molecule has 2 aliphatic rings. The Morgan fingerprint density at radius 2 is 1.61 bits per heavy atom. The van der Waals surface area contributed by atoms with E-state index in [0.717, 1.165) is 31.7 Å². The molecule has 0 bridgehead atoms. The second-order valence-electron chi connectivity index (χ2n) is 9.83. The second-order valence-corrected chi connectivity index (χ2v) is 9.83. The van der Waals surface area contributed by atoms with Crippen LogP contribution in [-0.2, 0) is 15.5 Å². The van der Waals surface area contributed by atoms with Crippen LogP contribution in [0.5, 0.6) is 0 Å². The molecule has 0 spiro atoms. The third-order valence-corrected chi connectivity index (χ3v) is 6.89. The molecule has 1 aliphatic heterocycles. The van der Waals surface area contributed by atoms with E-state index in [0.29, 0.717) is 6.04 Å². The number of nitrogens with zero attached hydrogens (tertiary/aromatic N) is 1. The Balaban J connectivity index is 1.79. The Labute approximate surface area is 182 Å². The van der Waals surface area contributed by atoms with Gasteiger partial charge in [-0.15, -0.1) is 0 Å². The van der Waals surface area contributed by atoms with Gasteiger partial charge in [-0.2, -0.15) is 13.2 Å². The summed E-state index contributed by atoms with van der Waals surface area (Å²) in [4.78, 5) is 14.9. The fourth-order valence-corrected chi connectivity index (χ4v) is 4.12. The predicted octanol–water partition coefficient (Wildman–Crippen LogP) is 3.61. The highest BCUT2D eigenvalue weighted by Gasteiger charge is 2.53. The minimum Gasteiger partial charge on any atom is -0.399 e. The van der Waals surface area contributed by atoms with E-state index in [9.17, 15) is 18.0 Å². The summed E-state index contributed by atoms with van der Waals surface area (Å²) in [5, 5.41) is 2.90. The lowest BCUT2D eigenvalue weighted by Crippen LogP contribution is -2.42. The average molecular weight is 440 g/mol. The quantitative estimate of drug-likeness (QED) is 0.728. The Kier molecular flexibility index (Phi) is 6.53. The summed E-state index contributed by atoms with van der Waals surface area (Å²) in [5.74, 6) is -0.487. The van der Waals surface area contributed by atoms with E-state index in [1.54, 1.807) is 27.7 Å². The monoisotopic (exact) mass is 440 g/mol. The van der Waals surface area contributed by atoms with Crippen LogP contribution < -0.4 is 10.8 Å². The molecule has 1 saturated carbocycles. The number of alkyl halides is 3. The molecule has 3 rings (SSSR count). The van der Waals surface area contributed by atoms with E-state index in [2.05, 4.69) is 10.2 Å². The number of halogens is 3. The molecule has 1 saturated heterocycles. The largest absolute Gasteiger partial charge is 0.495 e. The first-order valence-corrected chi connectivity index (χ1v) is 10.8. The van der Waals surface area contributed by atoms with Crippen LogP contribution in [0.4, 0.5) is 13.2 Å². The van der Waals surface area contributed by atoms with Crippen molar-refractivity contribution < 1.29 is 27.3 Å². The summed E-state index contributed by atoms with van der Waals surface area (Å²) in [6.07, 6.45) is -1.11. The van der Waals surface area contributed by atoms with Crippen molar-refractivity contribution in [3.8, 4) is 0 Å². The van der Waals surface area contributed by atoms with Gasteiger partial charge in [0.1, 0.15) is 0 Å². The molecule has 1 aliphatic carbocycles. The molecule has 1 aromatic rings. The molecule has 0 atom stereocenters. The van der Waals surface area contributed by atoms with E-state index >= 15 is 0 Å². The van der Waals surface area contributed by atoms with Crippen molar-refractivity contribution in [2.24, 2.45) is 0 Å². The van der Waals surface area contributed by atoms with Crippen LogP contribution in [0, 0.1) is 0 Å². The van der Waals surface area contributed by atoms with E-state index in [1.165, 1.54) is 12.1 Å². The fraction of sp³-hybridized carbons (Fsp3) is 0.682. The Morgan fingerprint density at radius 3 is 2.10 bits per heavy atom. The maximum absolute atomic E-state index is 13.9. The summed E-state index contributed by atoms with van der Waals surface area (Å²) in [7, 11) is 2.91.